The highest BCUT2D eigenvalue weighted by Gasteiger charge is 1.98. The summed E-state index contributed by atoms with van der Waals surface area (Å²) in [4.78, 5) is 3.83. The molecule has 0 spiro atoms. The lowest BCUT2D eigenvalue weighted by molar-refractivity contribution is 0.654. The molecule has 0 aliphatic carbocycles. The van der Waals surface area contributed by atoms with Crippen LogP contribution in [0.2, 0.25) is 0 Å². The van der Waals surface area contributed by atoms with Crippen LogP contribution < -0.4 is 5.73 Å². The summed E-state index contributed by atoms with van der Waals surface area (Å²) >= 11 is 0. The second kappa shape index (κ2) is 5.03. The van der Waals surface area contributed by atoms with Gasteiger partial charge in [-0.15, -0.1) is 0 Å². The van der Waals surface area contributed by atoms with Crippen LogP contribution in [0.1, 0.15) is 27.2 Å². The van der Waals surface area contributed by atoms with E-state index in [0.717, 1.165) is 6.42 Å². The molecule has 2 nitrogen and oxygen atoms in total. The van der Waals surface area contributed by atoms with E-state index in [1.807, 2.05) is 6.20 Å². The Morgan fingerprint density at radius 3 is 2.70 bits per heavy atom. The summed E-state index contributed by atoms with van der Waals surface area (Å²) in [6.07, 6.45) is 4.28. The largest absolute Gasteiger partial charge is 0.390 e. The summed E-state index contributed by atoms with van der Waals surface area (Å²) in [5.74, 6) is 0.615. The summed E-state index contributed by atoms with van der Waals surface area (Å²) in [7, 11) is 0. The van der Waals surface area contributed by atoms with E-state index in [1.54, 1.807) is 0 Å². The van der Waals surface area contributed by atoms with Crippen molar-refractivity contribution in [3.63, 3.8) is 0 Å². The quantitative estimate of drug-likeness (QED) is 0.472. The molecule has 0 unspecified atom stereocenters. The molecule has 2 N–H and O–H groups in total. The molecule has 0 radical (unpaired) electrons. The summed E-state index contributed by atoms with van der Waals surface area (Å²) in [6, 6.07) is 0. The van der Waals surface area contributed by atoms with E-state index in [2.05, 4.69) is 25.8 Å². The standard InChI is InChI=1S/C8H16N2/c1-4-7(2)8(3)5-10-6-9/h5-7H,4H2,1-3H3,(H2,9,10)/b8-5-/t7-/m1/s1. The van der Waals surface area contributed by atoms with Gasteiger partial charge in [-0.2, -0.15) is 0 Å². The number of allylic oxidation sites excluding steroid dienone is 1. The molecule has 0 aromatic rings. The van der Waals surface area contributed by atoms with Crippen LogP contribution in [0.3, 0.4) is 0 Å². The fraction of sp³-hybridized carbons (Fsp3) is 0.625. The molecule has 0 aromatic heterocycles. The van der Waals surface area contributed by atoms with E-state index in [-0.39, 0.29) is 0 Å². The first-order valence-corrected chi connectivity index (χ1v) is 3.62. The topological polar surface area (TPSA) is 38.4 Å². The Balaban J connectivity index is 3.91. The first kappa shape index (κ1) is 9.21. The van der Waals surface area contributed by atoms with Crippen molar-refractivity contribution in [2.45, 2.75) is 27.2 Å². The normalized spacial score (nSPS) is 16.1. The highest BCUT2D eigenvalue weighted by Crippen LogP contribution is 2.12. The minimum Gasteiger partial charge on any atom is -0.390 e. The Bertz CT molecular complexity index is 136. The van der Waals surface area contributed by atoms with E-state index < -0.39 is 0 Å². The maximum atomic E-state index is 5.08. The first-order chi connectivity index (χ1) is 4.72. The molecular weight excluding hydrogens is 124 g/mol. The number of rotatable bonds is 3. The average molecular weight is 140 g/mol. The second-order valence-electron chi connectivity index (χ2n) is 2.48. The van der Waals surface area contributed by atoms with Crippen LogP contribution in [0.5, 0.6) is 0 Å². The number of nitrogens with two attached hydrogens (primary N) is 1. The van der Waals surface area contributed by atoms with Crippen LogP contribution in [0.15, 0.2) is 16.8 Å². The summed E-state index contributed by atoms with van der Waals surface area (Å²) in [5.41, 5.74) is 6.36. The monoisotopic (exact) mass is 140 g/mol. The van der Waals surface area contributed by atoms with Crippen LogP contribution in [-0.4, -0.2) is 6.34 Å². The van der Waals surface area contributed by atoms with Crippen molar-refractivity contribution in [1.29, 1.82) is 0 Å². The third kappa shape index (κ3) is 3.28. The van der Waals surface area contributed by atoms with Crippen molar-refractivity contribution in [3.05, 3.63) is 11.8 Å². The predicted molar refractivity (Wildman–Crippen MR) is 45.9 cm³/mol. The number of nitrogens with zero attached hydrogens (tertiary/aromatic N) is 1. The van der Waals surface area contributed by atoms with Crippen molar-refractivity contribution in [2.24, 2.45) is 16.6 Å². The molecule has 0 saturated carbocycles. The van der Waals surface area contributed by atoms with Crippen LogP contribution in [0.4, 0.5) is 0 Å². The van der Waals surface area contributed by atoms with Crippen LogP contribution >= 0.6 is 0 Å². The van der Waals surface area contributed by atoms with Gasteiger partial charge in [0.25, 0.3) is 0 Å². The van der Waals surface area contributed by atoms with E-state index in [4.69, 9.17) is 5.73 Å². The van der Waals surface area contributed by atoms with Gasteiger partial charge in [0, 0.05) is 6.20 Å². The number of hydrogen-bond donors (Lipinski definition) is 1. The van der Waals surface area contributed by atoms with E-state index in [0.29, 0.717) is 5.92 Å². The second-order valence-corrected chi connectivity index (χ2v) is 2.48. The molecule has 0 saturated heterocycles. The van der Waals surface area contributed by atoms with Crippen LogP contribution in [-0.2, 0) is 0 Å². The Morgan fingerprint density at radius 1 is 1.70 bits per heavy atom. The smallest absolute Gasteiger partial charge is 0.0852 e. The molecule has 1 atom stereocenters. The molecule has 0 bridgehead atoms. The summed E-state index contributed by atoms with van der Waals surface area (Å²) in [5, 5.41) is 0. The molecule has 0 heterocycles. The number of hydrogen-bond acceptors (Lipinski definition) is 1. The van der Waals surface area contributed by atoms with Gasteiger partial charge in [0.1, 0.15) is 0 Å². The van der Waals surface area contributed by atoms with E-state index in [9.17, 15) is 0 Å². The summed E-state index contributed by atoms with van der Waals surface area (Å²) < 4.78 is 0. The van der Waals surface area contributed by atoms with Crippen molar-refractivity contribution in [3.8, 4) is 0 Å². The third-order valence-electron chi connectivity index (χ3n) is 1.75. The van der Waals surface area contributed by atoms with Gasteiger partial charge in [-0.25, -0.2) is 4.99 Å². The minimum absolute atomic E-state index is 0.615. The van der Waals surface area contributed by atoms with Gasteiger partial charge in [0.05, 0.1) is 6.34 Å². The molecule has 2 heteroatoms. The van der Waals surface area contributed by atoms with Gasteiger partial charge < -0.3 is 5.73 Å². The lowest BCUT2D eigenvalue weighted by Crippen LogP contribution is -1.93. The molecule has 0 rings (SSSR count). The summed E-state index contributed by atoms with van der Waals surface area (Å²) in [6.45, 7) is 6.41. The maximum Gasteiger partial charge on any atom is 0.0852 e. The zero-order chi connectivity index (χ0) is 7.98. The first-order valence-electron chi connectivity index (χ1n) is 3.62. The van der Waals surface area contributed by atoms with Gasteiger partial charge in [0.15, 0.2) is 0 Å². The molecule has 0 aliphatic heterocycles. The lowest BCUT2D eigenvalue weighted by atomic mass is 10.0. The molecule has 58 valence electrons. The zero-order valence-corrected chi connectivity index (χ0v) is 6.96. The van der Waals surface area contributed by atoms with Gasteiger partial charge in [-0.05, 0) is 19.3 Å². The fourth-order valence-electron chi connectivity index (χ4n) is 0.610. The van der Waals surface area contributed by atoms with Gasteiger partial charge in [0.2, 0.25) is 0 Å². The molecule has 0 aliphatic rings. The minimum atomic E-state index is 0.615. The Morgan fingerprint density at radius 2 is 2.30 bits per heavy atom. The maximum absolute atomic E-state index is 5.08. The highest BCUT2D eigenvalue weighted by atomic mass is 14.8. The number of aliphatic imine (C=N–C) groups is 1. The molecule has 0 aromatic carbocycles. The Kier molecular flexibility index (Phi) is 4.63. The molecule has 0 amide bonds. The highest BCUT2D eigenvalue weighted by molar-refractivity contribution is 5.52. The average Bonchev–Trinajstić information content (AvgIpc) is 1.98. The molecule has 10 heavy (non-hydrogen) atoms. The fourth-order valence-corrected chi connectivity index (χ4v) is 0.610. The van der Waals surface area contributed by atoms with Gasteiger partial charge in [-0.3, -0.25) is 0 Å². The van der Waals surface area contributed by atoms with Crippen molar-refractivity contribution in [1.82, 2.24) is 0 Å². The van der Waals surface area contributed by atoms with E-state index >= 15 is 0 Å². The van der Waals surface area contributed by atoms with Gasteiger partial charge >= 0.3 is 0 Å². The predicted octanol–water partition coefficient (Wildman–Crippen LogP) is 1.92. The van der Waals surface area contributed by atoms with Gasteiger partial charge in [-0.1, -0.05) is 19.4 Å². The Hall–Kier alpha value is -0.790. The van der Waals surface area contributed by atoms with Crippen molar-refractivity contribution >= 4 is 6.34 Å². The Labute approximate surface area is 62.8 Å². The lowest BCUT2D eigenvalue weighted by Gasteiger charge is -2.05. The molecule has 0 fully saturated rings. The van der Waals surface area contributed by atoms with Crippen molar-refractivity contribution < 1.29 is 0 Å². The van der Waals surface area contributed by atoms with Crippen LogP contribution in [0.25, 0.3) is 0 Å². The van der Waals surface area contributed by atoms with Crippen LogP contribution in [0, 0.1) is 5.92 Å². The zero-order valence-electron chi connectivity index (χ0n) is 6.96. The SMILES string of the molecule is CC[C@@H](C)/C(C)=C\N=CN. The molecular formula is C8H16N2. The van der Waals surface area contributed by atoms with Crippen molar-refractivity contribution in [2.75, 3.05) is 0 Å². The third-order valence-corrected chi connectivity index (χ3v) is 1.75. The van der Waals surface area contributed by atoms with E-state index in [1.165, 1.54) is 11.9 Å².